The normalized spacial score (nSPS) is 10.5. The smallest absolute Gasteiger partial charge is 0.255 e. The Bertz CT molecular complexity index is 605. The predicted molar refractivity (Wildman–Crippen MR) is 65.0 cm³/mol. The van der Waals surface area contributed by atoms with E-state index in [0.717, 1.165) is 0 Å². The second-order valence-corrected chi connectivity index (χ2v) is 3.82. The zero-order valence-electron chi connectivity index (χ0n) is 9.48. The molecule has 0 aliphatic heterocycles. The van der Waals surface area contributed by atoms with Gasteiger partial charge in [-0.1, -0.05) is 18.2 Å². The number of nitrogens with zero attached hydrogens (tertiary/aromatic N) is 1. The lowest BCUT2D eigenvalue weighted by Crippen LogP contribution is -2.23. The number of nitrogens with two attached hydrogens (primary N) is 1. The van der Waals surface area contributed by atoms with Crippen molar-refractivity contribution < 1.29 is 4.39 Å². The van der Waals surface area contributed by atoms with Gasteiger partial charge in [-0.3, -0.25) is 4.79 Å². The Balaban J connectivity index is 2.62. The second kappa shape index (κ2) is 4.51. The van der Waals surface area contributed by atoms with E-state index >= 15 is 0 Å². The Morgan fingerprint density at radius 3 is 2.71 bits per heavy atom. The molecule has 1 aromatic heterocycles. The van der Waals surface area contributed by atoms with Crippen LogP contribution in [0.2, 0.25) is 0 Å². The average molecular weight is 232 g/mol. The second-order valence-electron chi connectivity index (χ2n) is 3.82. The number of halogens is 1. The lowest BCUT2D eigenvalue weighted by molar-refractivity contribution is 0.628. The third kappa shape index (κ3) is 2.12. The van der Waals surface area contributed by atoms with Crippen LogP contribution in [0.4, 0.5) is 4.39 Å². The molecular formula is C13H13FN2O. The van der Waals surface area contributed by atoms with Gasteiger partial charge in [0.15, 0.2) is 0 Å². The van der Waals surface area contributed by atoms with Gasteiger partial charge in [0.05, 0.1) is 5.69 Å². The molecule has 0 spiro atoms. The number of benzene rings is 1. The van der Waals surface area contributed by atoms with Gasteiger partial charge in [0, 0.05) is 24.7 Å². The van der Waals surface area contributed by atoms with E-state index in [1.54, 1.807) is 31.3 Å². The Kier molecular flexibility index (Phi) is 3.06. The summed E-state index contributed by atoms with van der Waals surface area (Å²) >= 11 is 0. The van der Waals surface area contributed by atoms with Crippen molar-refractivity contribution >= 4 is 0 Å². The average Bonchev–Trinajstić information content (AvgIpc) is 2.32. The first-order chi connectivity index (χ1) is 8.13. The van der Waals surface area contributed by atoms with Gasteiger partial charge in [-0.2, -0.15) is 0 Å². The molecule has 0 fully saturated rings. The van der Waals surface area contributed by atoms with Crippen molar-refractivity contribution in [3.05, 3.63) is 58.1 Å². The lowest BCUT2D eigenvalue weighted by atomic mass is 10.1. The minimum Gasteiger partial charge on any atom is -0.326 e. The van der Waals surface area contributed by atoms with Crippen molar-refractivity contribution in [3.63, 3.8) is 0 Å². The summed E-state index contributed by atoms with van der Waals surface area (Å²) in [7, 11) is 1.65. The molecule has 1 aromatic carbocycles. The van der Waals surface area contributed by atoms with Crippen molar-refractivity contribution in [2.75, 3.05) is 0 Å². The highest BCUT2D eigenvalue weighted by Gasteiger charge is 2.06. The summed E-state index contributed by atoms with van der Waals surface area (Å²) in [4.78, 5) is 11.9. The van der Waals surface area contributed by atoms with Gasteiger partial charge >= 0.3 is 0 Å². The number of hydrogen-bond acceptors (Lipinski definition) is 2. The predicted octanol–water partition coefficient (Wildman–Crippen LogP) is 1.65. The molecule has 17 heavy (non-hydrogen) atoms. The first kappa shape index (κ1) is 11.5. The maximum atomic E-state index is 13.1. The van der Waals surface area contributed by atoms with Crippen LogP contribution < -0.4 is 11.3 Å². The Morgan fingerprint density at radius 2 is 2.06 bits per heavy atom. The number of rotatable bonds is 2. The van der Waals surface area contributed by atoms with Crippen LogP contribution in [0.1, 0.15) is 5.56 Å². The molecule has 2 rings (SSSR count). The molecule has 0 aliphatic carbocycles. The molecule has 2 N–H and O–H groups in total. The summed E-state index contributed by atoms with van der Waals surface area (Å²) in [6.07, 6.45) is 0. The van der Waals surface area contributed by atoms with Crippen LogP contribution in [0.25, 0.3) is 11.3 Å². The zero-order chi connectivity index (χ0) is 12.4. The van der Waals surface area contributed by atoms with E-state index in [4.69, 9.17) is 5.73 Å². The van der Waals surface area contributed by atoms with Gasteiger partial charge in [-0.25, -0.2) is 4.39 Å². The van der Waals surface area contributed by atoms with E-state index in [0.29, 0.717) is 16.8 Å². The first-order valence-electron chi connectivity index (χ1n) is 5.28. The van der Waals surface area contributed by atoms with Crippen LogP contribution in [0.15, 0.2) is 41.2 Å². The van der Waals surface area contributed by atoms with Crippen molar-refractivity contribution in [2.45, 2.75) is 6.54 Å². The molecule has 1 heterocycles. The molecule has 0 unspecified atom stereocenters. The third-order valence-electron chi connectivity index (χ3n) is 2.72. The van der Waals surface area contributed by atoms with Crippen molar-refractivity contribution in [1.82, 2.24) is 4.57 Å². The molecule has 0 saturated heterocycles. The SMILES string of the molecule is Cn1c(-c2cccc(F)c2)ccc(CN)c1=O. The molecule has 3 nitrogen and oxygen atoms in total. The number of aromatic nitrogens is 1. The molecule has 2 aromatic rings. The van der Waals surface area contributed by atoms with Gasteiger partial charge in [0.2, 0.25) is 0 Å². The topological polar surface area (TPSA) is 48.0 Å². The maximum absolute atomic E-state index is 13.1. The van der Waals surface area contributed by atoms with Crippen LogP contribution in [0, 0.1) is 5.82 Å². The third-order valence-corrected chi connectivity index (χ3v) is 2.72. The molecular weight excluding hydrogens is 219 g/mol. The minimum absolute atomic E-state index is 0.144. The summed E-state index contributed by atoms with van der Waals surface area (Å²) in [5.74, 6) is -0.321. The number of pyridine rings is 1. The molecule has 4 heteroatoms. The summed E-state index contributed by atoms with van der Waals surface area (Å²) in [6.45, 7) is 0.204. The van der Waals surface area contributed by atoms with Crippen LogP contribution in [-0.4, -0.2) is 4.57 Å². The van der Waals surface area contributed by atoms with E-state index in [-0.39, 0.29) is 17.9 Å². The molecule has 0 bridgehead atoms. The van der Waals surface area contributed by atoms with Gasteiger partial charge < -0.3 is 10.3 Å². The zero-order valence-corrected chi connectivity index (χ0v) is 9.48. The summed E-state index contributed by atoms with van der Waals surface area (Å²) in [6, 6.07) is 9.61. The monoisotopic (exact) mass is 232 g/mol. The van der Waals surface area contributed by atoms with Crippen LogP contribution in [0.3, 0.4) is 0 Å². The first-order valence-corrected chi connectivity index (χ1v) is 5.28. The minimum atomic E-state index is -0.321. The molecule has 0 amide bonds. The van der Waals surface area contributed by atoms with Gasteiger partial charge in [-0.05, 0) is 18.2 Å². The van der Waals surface area contributed by atoms with E-state index in [9.17, 15) is 9.18 Å². The quantitative estimate of drug-likeness (QED) is 0.855. The molecule has 0 saturated carbocycles. The van der Waals surface area contributed by atoms with Crippen LogP contribution >= 0.6 is 0 Å². The Labute approximate surface area is 98.3 Å². The van der Waals surface area contributed by atoms with Crippen molar-refractivity contribution in [1.29, 1.82) is 0 Å². The summed E-state index contributed by atoms with van der Waals surface area (Å²) < 4.78 is 14.6. The van der Waals surface area contributed by atoms with Gasteiger partial charge in [0.1, 0.15) is 5.82 Å². The van der Waals surface area contributed by atoms with E-state index in [1.807, 2.05) is 0 Å². The fourth-order valence-corrected chi connectivity index (χ4v) is 1.78. The standard InChI is InChI=1S/C13H13FN2O/c1-16-12(6-5-10(8-15)13(16)17)9-3-2-4-11(14)7-9/h2-7H,8,15H2,1H3. The highest BCUT2D eigenvalue weighted by atomic mass is 19.1. The molecule has 88 valence electrons. The maximum Gasteiger partial charge on any atom is 0.255 e. The van der Waals surface area contributed by atoms with Gasteiger partial charge in [0.25, 0.3) is 5.56 Å². The van der Waals surface area contributed by atoms with E-state index in [2.05, 4.69) is 0 Å². The highest BCUT2D eigenvalue weighted by Crippen LogP contribution is 2.18. The lowest BCUT2D eigenvalue weighted by Gasteiger charge is -2.09. The Morgan fingerprint density at radius 1 is 1.29 bits per heavy atom. The van der Waals surface area contributed by atoms with E-state index in [1.165, 1.54) is 16.7 Å². The highest BCUT2D eigenvalue weighted by molar-refractivity contribution is 5.59. The molecule has 0 aliphatic rings. The van der Waals surface area contributed by atoms with Gasteiger partial charge in [-0.15, -0.1) is 0 Å². The summed E-state index contributed by atoms with van der Waals surface area (Å²) in [5, 5.41) is 0. The van der Waals surface area contributed by atoms with E-state index < -0.39 is 0 Å². The van der Waals surface area contributed by atoms with Crippen molar-refractivity contribution in [3.8, 4) is 11.3 Å². The van der Waals surface area contributed by atoms with Crippen molar-refractivity contribution in [2.24, 2.45) is 12.8 Å². The molecule has 0 atom stereocenters. The fourth-order valence-electron chi connectivity index (χ4n) is 1.78. The number of hydrogen-bond donors (Lipinski definition) is 1. The van der Waals surface area contributed by atoms with Crippen LogP contribution in [-0.2, 0) is 13.6 Å². The largest absolute Gasteiger partial charge is 0.326 e. The molecule has 0 radical (unpaired) electrons. The Hall–Kier alpha value is -1.94. The fraction of sp³-hybridized carbons (Fsp3) is 0.154. The summed E-state index contributed by atoms with van der Waals surface area (Å²) in [5.41, 5.74) is 7.21. The van der Waals surface area contributed by atoms with Crippen LogP contribution in [0.5, 0.6) is 0 Å².